The Morgan fingerprint density at radius 3 is 2.52 bits per heavy atom. The minimum atomic E-state index is -0.123. The van der Waals surface area contributed by atoms with Gasteiger partial charge in [-0.15, -0.1) is 0 Å². The van der Waals surface area contributed by atoms with Crippen LogP contribution in [0.15, 0.2) is 30.3 Å². The van der Waals surface area contributed by atoms with Crippen molar-refractivity contribution in [1.82, 2.24) is 10.2 Å². The number of likely N-dealkylation sites (tertiary alicyclic amines) is 1. The molecule has 0 unspecified atom stereocenters. The number of benzene rings is 1. The molecule has 1 heterocycles. The molecule has 4 nitrogen and oxygen atoms in total. The maximum absolute atomic E-state index is 11.6. The first-order valence-corrected chi connectivity index (χ1v) is 7.69. The second kappa shape index (κ2) is 7.57. The second-order valence-corrected chi connectivity index (χ2v) is 5.86. The van der Waals surface area contributed by atoms with E-state index in [-0.39, 0.29) is 11.5 Å². The average Bonchev–Trinajstić information content (AvgIpc) is 2.55. The van der Waals surface area contributed by atoms with Gasteiger partial charge in [-0.2, -0.15) is 0 Å². The number of hydrogen-bond acceptors (Lipinski definition) is 4. The van der Waals surface area contributed by atoms with Gasteiger partial charge in [0, 0.05) is 12.1 Å². The maximum Gasteiger partial charge on any atom is 0.307 e. The van der Waals surface area contributed by atoms with Gasteiger partial charge in [0.25, 0.3) is 0 Å². The Hall–Kier alpha value is -1.39. The van der Waals surface area contributed by atoms with E-state index >= 15 is 0 Å². The van der Waals surface area contributed by atoms with Gasteiger partial charge in [0.2, 0.25) is 0 Å². The Morgan fingerprint density at radius 2 is 1.95 bits per heavy atom. The molecule has 1 saturated heterocycles. The third-order valence-corrected chi connectivity index (χ3v) is 4.61. The summed E-state index contributed by atoms with van der Waals surface area (Å²) in [6.07, 6.45) is 3.54. The summed E-state index contributed by atoms with van der Waals surface area (Å²) in [7, 11) is 3.41. The number of methoxy groups -OCH3 is 1. The molecule has 0 amide bonds. The van der Waals surface area contributed by atoms with Gasteiger partial charge in [-0.05, 0) is 45.0 Å². The molecule has 21 heavy (non-hydrogen) atoms. The lowest BCUT2D eigenvalue weighted by atomic mass is 9.84. The van der Waals surface area contributed by atoms with Crippen molar-refractivity contribution >= 4 is 5.97 Å². The lowest BCUT2D eigenvalue weighted by molar-refractivity contribution is -0.142. The third-order valence-electron chi connectivity index (χ3n) is 4.61. The number of carbonyl (C=O) groups is 1. The van der Waals surface area contributed by atoms with Crippen molar-refractivity contribution in [2.75, 3.05) is 33.8 Å². The number of hydrogen-bond donors (Lipinski definition) is 1. The summed E-state index contributed by atoms with van der Waals surface area (Å²) < 4.78 is 4.82. The van der Waals surface area contributed by atoms with Crippen LogP contribution in [0.25, 0.3) is 0 Å². The highest BCUT2D eigenvalue weighted by Gasteiger charge is 2.35. The van der Waals surface area contributed by atoms with Gasteiger partial charge in [-0.1, -0.05) is 30.3 Å². The molecule has 0 aliphatic carbocycles. The van der Waals surface area contributed by atoms with E-state index in [1.54, 1.807) is 0 Å². The van der Waals surface area contributed by atoms with E-state index in [0.29, 0.717) is 6.42 Å². The lowest BCUT2D eigenvalue weighted by Gasteiger charge is -2.41. The Balaban J connectivity index is 1.80. The summed E-state index contributed by atoms with van der Waals surface area (Å²) in [6.45, 7) is 3.15. The molecule has 1 aliphatic rings. The summed E-state index contributed by atoms with van der Waals surface area (Å²) >= 11 is 0. The highest BCUT2D eigenvalue weighted by Crippen LogP contribution is 2.26. The lowest BCUT2D eigenvalue weighted by Crippen LogP contribution is -2.53. The van der Waals surface area contributed by atoms with Crippen molar-refractivity contribution < 1.29 is 9.53 Å². The highest BCUT2D eigenvalue weighted by molar-refractivity contribution is 5.70. The van der Waals surface area contributed by atoms with Crippen molar-refractivity contribution in [3.8, 4) is 0 Å². The van der Waals surface area contributed by atoms with E-state index in [0.717, 1.165) is 38.9 Å². The fraction of sp³-hybridized carbons (Fsp3) is 0.588. The second-order valence-electron chi connectivity index (χ2n) is 5.86. The van der Waals surface area contributed by atoms with Gasteiger partial charge in [0.1, 0.15) is 0 Å². The van der Waals surface area contributed by atoms with E-state index in [2.05, 4.69) is 40.5 Å². The molecule has 0 spiro atoms. The van der Waals surface area contributed by atoms with Gasteiger partial charge in [0.15, 0.2) is 0 Å². The van der Waals surface area contributed by atoms with Crippen LogP contribution in [-0.2, 0) is 16.0 Å². The Bertz CT molecular complexity index is 439. The van der Waals surface area contributed by atoms with E-state index in [1.165, 1.54) is 12.7 Å². The number of rotatable bonds is 6. The van der Waals surface area contributed by atoms with Gasteiger partial charge >= 0.3 is 5.97 Å². The number of nitrogens with zero attached hydrogens (tertiary/aromatic N) is 1. The smallest absolute Gasteiger partial charge is 0.307 e. The summed E-state index contributed by atoms with van der Waals surface area (Å²) in [5, 5.41) is 3.35. The minimum absolute atomic E-state index is 0.0870. The van der Waals surface area contributed by atoms with Crippen LogP contribution < -0.4 is 5.32 Å². The number of nitrogens with one attached hydrogen (secondary N) is 1. The van der Waals surface area contributed by atoms with Gasteiger partial charge in [-0.3, -0.25) is 4.79 Å². The zero-order valence-corrected chi connectivity index (χ0v) is 13.1. The Labute approximate surface area is 127 Å². The van der Waals surface area contributed by atoms with Crippen molar-refractivity contribution in [2.24, 2.45) is 0 Å². The van der Waals surface area contributed by atoms with Crippen LogP contribution in [0.3, 0.4) is 0 Å². The first-order chi connectivity index (χ1) is 10.2. The van der Waals surface area contributed by atoms with Crippen LogP contribution in [0, 0.1) is 0 Å². The van der Waals surface area contributed by atoms with Crippen LogP contribution in [0.4, 0.5) is 0 Å². The van der Waals surface area contributed by atoms with Crippen molar-refractivity contribution in [1.29, 1.82) is 0 Å². The number of carbonyl (C=O) groups excluding carboxylic acids is 1. The van der Waals surface area contributed by atoms with E-state index in [9.17, 15) is 4.79 Å². The zero-order chi connectivity index (χ0) is 15.1. The largest absolute Gasteiger partial charge is 0.469 e. The third kappa shape index (κ3) is 4.55. The standard InChI is InChI=1S/C17H26N2O2/c1-18-17(14-16(20)21-2)9-12-19(13-10-17)11-8-15-6-4-3-5-7-15/h3-7,18H,8-14H2,1-2H3. The molecule has 0 atom stereocenters. The summed E-state index contributed by atoms with van der Waals surface area (Å²) in [4.78, 5) is 14.0. The molecular formula is C17H26N2O2. The topological polar surface area (TPSA) is 41.6 Å². The molecule has 1 fully saturated rings. The predicted octanol–water partition coefficient (Wildman–Crippen LogP) is 1.85. The Kier molecular flexibility index (Phi) is 5.76. The van der Waals surface area contributed by atoms with Crippen LogP contribution in [-0.4, -0.2) is 50.2 Å². The molecule has 1 aromatic rings. The van der Waals surface area contributed by atoms with Crippen molar-refractivity contribution in [2.45, 2.75) is 31.2 Å². The normalized spacial score (nSPS) is 18.4. The van der Waals surface area contributed by atoms with Gasteiger partial charge in [0.05, 0.1) is 13.5 Å². The molecule has 0 bridgehead atoms. The first kappa shape index (κ1) is 16.0. The molecule has 0 radical (unpaired) electrons. The molecule has 1 aliphatic heterocycles. The predicted molar refractivity (Wildman–Crippen MR) is 84.2 cm³/mol. The molecular weight excluding hydrogens is 264 g/mol. The Morgan fingerprint density at radius 1 is 1.29 bits per heavy atom. The molecule has 2 rings (SSSR count). The maximum atomic E-state index is 11.6. The summed E-state index contributed by atoms with van der Waals surface area (Å²) in [6, 6.07) is 10.6. The molecule has 116 valence electrons. The van der Waals surface area contributed by atoms with Gasteiger partial charge in [-0.25, -0.2) is 0 Å². The fourth-order valence-corrected chi connectivity index (χ4v) is 3.00. The van der Waals surface area contributed by atoms with Crippen LogP contribution in [0.1, 0.15) is 24.8 Å². The van der Waals surface area contributed by atoms with Crippen molar-refractivity contribution in [3.63, 3.8) is 0 Å². The monoisotopic (exact) mass is 290 g/mol. The highest BCUT2D eigenvalue weighted by atomic mass is 16.5. The molecule has 4 heteroatoms. The summed E-state index contributed by atoms with van der Waals surface area (Å²) in [5.41, 5.74) is 1.30. The van der Waals surface area contributed by atoms with Crippen LogP contribution in [0.5, 0.6) is 0 Å². The van der Waals surface area contributed by atoms with E-state index < -0.39 is 0 Å². The first-order valence-electron chi connectivity index (χ1n) is 7.69. The molecule has 1 aromatic carbocycles. The summed E-state index contributed by atoms with van der Waals surface area (Å²) in [5.74, 6) is -0.123. The molecule has 0 saturated carbocycles. The quantitative estimate of drug-likeness (QED) is 0.812. The van der Waals surface area contributed by atoms with Gasteiger partial charge < -0.3 is 15.0 Å². The minimum Gasteiger partial charge on any atom is -0.469 e. The van der Waals surface area contributed by atoms with E-state index in [1.807, 2.05) is 7.05 Å². The molecule has 0 aromatic heterocycles. The van der Waals surface area contributed by atoms with E-state index in [4.69, 9.17) is 4.74 Å². The average molecular weight is 290 g/mol. The van der Waals surface area contributed by atoms with Crippen LogP contribution >= 0.6 is 0 Å². The van der Waals surface area contributed by atoms with Crippen molar-refractivity contribution in [3.05, 3.63) is 35.9 Å². The van der Waals surface area contributed by atoms with Crippen LogP contribution in [0.2, 0.25) is 0 Å². The number of ether oxygens (including phenoxy) is 1. The molecule has 1 N–H and O–H groups in total. The number of piperidine rings is 1. The SMILES string of the molecule is CNC1(CC(=O)OC)CCN(CCc2ccccc2)CC1. The fourth-order valence-electron chi connectivity index (χ4n) is 3.00. The number of esters is 1. The zero-order valence-electron chi connectivity index (χ0n) is 13.1.